The molecule has 1 atom stereocenters. The minimum absolute atomic E-state index is 0.0911. The molecule has 0 radical (unpaired) electrons. The number of hydrogen-bond acceptors (Lipinski definition) is 7. The van der Waals surface area contributed by atoms with Gasteiger partial charge in [-0.1, -0.05) is 35.2 Å². The van der Waals surface area contributed by atoms with Crippen LogP contribution in [0, 0.1) is 13.8 Å². The van der Waals surface area contributed by atoms with E-state index in [0.29, 0.717) is 10.9 Å². The number of hydrogen-bond donors (Lipinski definition) is 2. The highest BCUT2D eigenvalue weighted by Gasteiger charge is 2.19. The van der Waals surface area contributed by atoms with Gasteiger partial charge in [-0.15, -0.1) is 10.2 Å². The number of anilines is 3. The summed E-state index contributed by atoms with van der Waals surface area (Å²) in [7, 11) is 0. The molecule has 28 heavy (non-hydrogen) atoms. The molecule has 1 aromatic carbocycles. The first-order chi connectivity index (χ1) is 13.3. The second-order valence-corrected chi connectivity index (χ2v) is 9.32. The summed E-state index contributed by atoms with van der Waals surface area (Å²) >= 11 is 2.83. The molecular weight excluding hydrogens is 392 g/mol. The van der Waals surface area contributed by atoms with Crippen LogP contribution in [0.2, 0.25) is 0 Å². The Morgan fingerprint density at radius 2 is 1.96 bits per heavy atom. The van der Waals surface area contributed by atoms with E-state index in [-0.39, 0.29) is 17.2 Å². The molecule has 3 rings (SSSR count). The van der Waals surface area contributed by atoms with Gasteiger partial charge < -0.3 is 10.6 Å². The molecule has 148 valence electrons. The lowest BCUT2D eigenvalue weighted by atomic mass is 10.1. The van der Waals surface area contributed by atoms with Crippen molar-refractivity contribution in [1.29, 1.82) is 0 Å². The summed E-state index contributed by atoms with van der Waals surface area (Å²) in [6.07, 6.45) is 1.68. The topological polar surface area (TPSA) is 84.7 Å². The van der Waals surface area contributed by atoms with Gasteiger partial charge in [0, 0.05) is 17.8 Å². The van der Waals surface area contributed by atoms with Gasteiger partial charge in [-0.2, -0.15) is 5.10 Å². The maximum atomic E-state index is 12.5. The van der Waals surface area contributed by atoms with Gasteiger partial charge in [0.05, 0.1) is 11.4 Å². The van der Waals surface area contributed by atoms with Crippen LogP contribution in [0.4, 0.5) is 16.6 Å². The molecule has 0 aliphatic heterocycles. The molecule has 0 aliphatic carbocycles. The smallest absolute Gasteiger partial charge is 0.238 e. The lowest BCUT2D eigenvalue weighted by molar-refractivity contribution is -0.115. The Morgan fingerprint density at radius 1 is 1.18 bits per heavy atom. The van der Waals surface area contributed by atoms with Crippen molar-refractivity contribution in [3.05, 3.63) is 41.6 Å². The van der Waals surface area contributed by atoms with Crippen LogP contribution in [0.5, 0.6) is 0 Å². The number of aryl methyl sites for hydroxylation is 1. The third-order valence-corrected chi connectivity index (χ3v) is 6.33. The number of benzene rings is 1. The van der Waals surface area contributed by atoms with E-state index in [1.54, 1.807) is 16.9 Å². The van der Waals surface area contributed by atoms with Crippen LogP contribution in [0.15, 0.2) is 34.8 Å². The second kappa shape index (κ2) is 8.74. The first kappa shape index (κ1) is 20.3. The van der Waals surface area contributed by atoms with Gasteiger partial charge in [0.15, 0.2) is 4.34 Å². The Morgan fingerprint density at radius 3 is 2.71 bits per heavy atom. The number of carbonyl (C=O) groups is 1. The zero-order valence-corrected chi connectivity index (χ0v) is 18.2. The van der Waals surface area contributed by atoms with Crippen molar-refractivity contribution in [3.63, 3.8) is 0 Å². The molecule has 0 saturated heterocycles. The minimum atomic E-state index is -0.308. The van der Waals surface area contributed by atoms with Crippen LogP contribution in [0.25, 0.3) is 0 Å². The van der Waals surface area contributed by atoms with Crippen LogP contribution in [-0.4, -0.2) is 31.1 Å². The van der Waals surface area contributed by atoms with Crippen molar-refractivity contribution >= 4 is 45.6 Å². The predicted octanol–water partition coefficient (Wildman–Crippen LogP) is 4.80. The molecule has 2 heterocycles. The summed E-state index contributed by atoms with van der Waals surface area (Å²) in [6, 6.07) is 8.08. The van der Waals surface area contributed by atoms with E-state index in [1.165, 1.54) is 34.2 Å². The standard InChI is InChI=1S/C19H24N6OS2/c1-11(2)25-16(9-10-20-25)22-17(26)14(5)27-19-24-23-18(28-19)21-15-8-6-7-12(3)13(15)4/h6-11,14H,1-5H3,(H,21,23)(H,22,26)/t14-/m0/s1. The van der Waals surface area contributed by atoms with Gasteiger partial charge in [0.25, 0.3) is 0 Å². The number of thioether (sulfide) groups is 1. The zero-order chi connectivity index (χ0) is 20.3. The van der Waals surface area contributed by atoms with Gasteiger partial charge in [0.1, 0.15) is 5.82 Å². The highest BCUT2D eigenvalue weighted by atomic mass is 32.2. The molecule has 0 bridgehead atoms. The maximum Gasteiger partial charge on any atom is 0.238 e. The Labute approximate surface area is 173 Å². The average molecular weight is 417 g/mol. The molecule has 0 saturated carbocycles. The van der Waals surface area contributed by atoms with E-state index in [2.05, 4.69) is 45.8 Å². The lowest BCUT2D eigenvalue weighted by Crippen LogP contribution is -2.24. The summed E-state index contributed by atoms with van der Waals surface area (Å²) in [5, 5.41) is 19.3. The lowest BCUT2D eigenvalue weighted by Gasteiger charge is -2.14. The van der Waals surface area contributed by atoms with Crippen LogP contribution in [0.3, 0.4) is 0 Å². The van der Waals surface area contributed by atoms with Crippen LogP contribution >= 0.6 is 23.1 Å². The predicted molar refractivity (Wildman–Crippen MR) is 116 cm³/mol. The third-order valence-electron chi connectivity index (χ3n) is 4.31. The SMILES string of the molecule is Cc1cccc(Nc2nnc(S[C@@H](C)C(=O)Nc3ccnn3C(C)C)s2)c1C. The van der Waals surface area contributed by atoms with Gasteiger partial charge in [0.2, 0.25) is 11.0 Å². The molecule has 0 spiro atoms. The highest BCUT2D eigenvalue weighted by Crippen LogP contribution is 2.32. The largest absolute Gasteiger partial charge is 0.330 e. The number of carbonyl (C=O) groups excluding carboxylic acids is 1. The Hall–Kier alpha value is -2.39. The molecule has 2 aromatic heterocycles. The molecule has 7 nitrogen and oxygen atoms in total. The highest BCUT2D eigenvalue weighted by molar-refractivity contribution is 8.02. The maximum absolute atomic E-state index is 12.5. The second-order valence-electron chi connectivity index (χ2n) is 6.75. The van der Waals surface area contributed by atoms with Crippen LogP contribution in [0.1, 0.15) is 37.9 Å². The molecule has 9 heteroatoms. The summed E-state index contributed by atoms with van der Waals surface area (Å²) < 4.78 is 2.53. The molecule has 2 N–H and O–H groups in total. The van der Waals surface area contributed by atoms with E-state index in [1.807, 2.05) is 32.9 Å². The van der Waals surface area contributed by atoms with Gasteiger partial charge in [-0.05, 0) is 51.8 Å². The molecule has 0 fully saturated rings. The van der Waals surface area contributed by atoms with Crippen molar-refractivity contribution < 1.29 is 4.79 Å². The van der Waals surface area contributed by atoms with Crippen LogP contribution < -0.4 is 10.6 Å². The minimum Gasteiger partial charge on any atom is -0.330 e. The van der Waals surface area contributed by atoms with Gasteiger partial charge in [-0.3, -0.25) is 4.79 Å². The monoisotopic (exact) mass is 416 g/mol. The van der Waals surface area contributed by atoms with E-state index < -0.39 is 0 Å². The number of rotatable bonds is 7. The van der Waals surface area contributed by atoms with E-state index in [4.69, 9.17) is 0 Å². The first-order valence-corrected chi connectivity index (χ1v) is 10.7. The summed E-state index contributed by atoms with van der Waals surface area (Å²) in [6.45, 7) is 10.0. The Bertz CT molecular complexity index is 965. The van der Waals surface area contributed by atoms with Gasteiger partial charge >= 0.3 is 0 Å². The molecular formula is C19H24N6OS2. The summed E-state index contributed by atoms with van der Waals surface area (Å²) in [5.74, 6) is 0.605. The molecule has 0 aliphatic rings. The van der Waals surface area contributed by atoms with Crippen molar-refractivity contribution in [2.45, 2.75) is 50.3 Å². The van der Waals surface area contributed by atoms with E-state index in [9.17, 15) is 4.79 Å². The summed E-state index contributed by atoms with van der Waals surface area (Å²) in [5.41, 5.74) is 3.41. The molecule has 1 amide bonds. The number of nitrogens with one attached hydrogen (secondary N) is 2. The Balaban J connectivity index is 1.61. The van der Waals surface area contributed by atoms with Crippen LogP contribution in [-0.2, 0) is 4.79 Å². The molecule has 3 aromatic rings. The molecule has 0 unspecified atom stereocenters. The quantitative estimate of drug-likeness (QED) is 0.539. The van der Waals surface area contributed by atoms with Crippen molar-refractivity contribution in [3.8, 4) is 0 Å². The average Bonchev–Trinajstić information content (AvgIpc) is 3.28. The number of nitrogens with zero attached hydrogens (tertiary/aromatic N) is 4. The van der Waals surface area contributed by atoms with Crippen molar-refractivity contribution in [1.82, 2.24) is 20.0 Å². The van der Waals surface area contributed by atoms with E-state index >= 15 is 0 Å². The fraction of sp³-hybridized carbons (Fsp3) is 0.368. The summed E-state index contributed by atoms with van der Waals surface area (Å²) in [4.78, 5) is 12.5. The Kier molecular flexibility index (Phi) is 6.35. The fourth-order valence-electron chi connectivity index (χ4n) is 2.57. The first-order valence-electron chi connectivity index (χ1n) is 9.03. The van der Waals surface area contributed by atoms with Crippen molar-refractivity contribution in [2.75, 3.05) is 10.6 Å². The van der Waals surface area contributed by atoms with Crippen molar-refractivity contribution in [2.24, 2.45) is 0 Å². The third kappa shape index (κ3) is 4.71. The number of aromatic nitrogens is 4. The fourth-order valence-corrected chi connectivity index (χ4v) is 4.48. The zero-order valence-electron chi connectivity index (χ0n) is 16.6. The van der Waals surface area contributed by atoms with E-state index in [0.717, 1.165) is 10.0 Å². The van der Waals surface area contributed by atoms with Gasteiger partial charge in [-0.25, -0.2) is 4.68 Å². The number of amides is 1. The normalized spacial score (nSPS) is 12.2.